The van der Waals surface area contributed by atoms with Crippen molar-refractivity contribution in [3.05, 3.63) is 54.0 Å². The van der Waals surface area contributed by atoms with Crippen molar-refractivity contribution in [1.82, 2.24) is 24.6 Å². The molecule has 1 atom stereocenters. The number of aliphatic hydroxyl groups is 1. The highest BCUT2D eigenvalue weighted by molar-refractivity contribution is 5.97. The number of benzene rings is 1. The number of fused-ring (bicyclic) bond motifs is 2. The van der Waals surface area contributed by atoms with Gasteiger partial charge in [0, 0.05) is 37.2 Å². The van der Waals surface area contributed by atoms with Crippen molar-refractivity contribution in [2.24, 2.45) is 0 Å². The van der Waals surface area contributed by atoms with E-state index in [0.29, 0.717) is 43.5 Å². The SMILES string of the molecule is CN1C(=O)N([C@H]2CCN(C(=O)CC#N)c3ccccc32)Cc2cnc(Nc3cnn(CCO)c3)nc21. The molecule has 0 aliphatic carbocycles. The van der Waals surface area contributed by atoms with E-state index < -0.39 is 0 Å². The van der Waals surface area contributed by atoms with E-state index >= 15 is 0 Å². The zero-order valence-corrected chi connectivity index (χ0v) is 19.7. The first kappa shape index (κ1) is 23.3. The molecular formula is C24H25N9O3. The Morgan fingerprint density at radius 2 is 2.14 bits per heavy atom. The first-order valence-electron chi connectivity index (χ1n) is 11.6. The van der Waals surface area contributed by atoms with Gasteiger partial charge in [0.2, 0.25) is 11.9 Å². The summed E-state index contributed by atoms with van der Waals surface area (Å²) in [6.45, 7) is 1.12. The number of para-hydroxylation sites is 1. The largest absolute Gasteiger partial charge is 0.394 e. The lowest BCUT2D eigenvalue weighted by Gasteiger charge is -2.43. The number of aliphatic hydroxyl groups excluding tert-OH is 1. The summed E-state index contributed by atoms with van der Waals surface area (Å²) in [5.41, 5.74) is 3.08. The van der Waals surface area contributed by atoms with Crippen LogP contribution in [0.25, 0.3) is 0 Å². The average Bonchev–Trinajstić information content (AvgIpc) is 3.33. The summed E-state index contributed by atoms with van der Waals surface area (Å²) in [5, 5.41) is 25.3. The van der Waals surface area contributed by atoms with E-state index in [1.807, 2.05) is 30.3 Å². The molecule has 0 bridgehead atoms. The molecule has 0 saturated carbocycles. The topological polar surface area (TPSA) is 144 Å². The van der Waals surface area contributed by atoms with Gasteiger partial charge in [0.1, 0.15) is 12.2 Å². The summed E-state index contributed by atoms with van der Waals surface area (Å²) in [7, 11) is 1.68. The fourth-order valence-electron chi connectivity index (χ4n) is 4.71. The van der Waals surface area contributed by atoms with Crippen LogP contribution in [0.15, 0.2) is 42.9 Å². The predicted molar refractivity (Wildman–Crippen MR) is 130 cm³/mol. The summed E-state index contributed by atoms with van der Waals surface area (Å²) >= 11 is 0. The van der Waals surface area contributed by atoms with Gasteiger partial charge < -0.3 is 20.2 Å². The Kier molecular flexibility index (Phi) is 6.22. The molecule has 0 radical (unpaired) electrons. The molecule has 12 heteroatoms. The number of aromatic nitrogens is 4. The fourth-order valence-corrected chi connectivity index (χ4v) is 4.71. The molecule has 1 aromatic carbocycles. The Labute approximate surface area is 207 Å². The van der Waals surface area contributed by atoms with E-state index in [9.17, 15) is 9.59 Å². The van der Waals surface area contributed by atoms with Gasteiger partial charge in [-0.25, -0.2) is 9.78 Å². The molecule has 2 aliphatic rings. The summed E-state index contributed by atoms with van der Waals surface area (Å²) < 4.78 is 1.60. The Bertz CT molecular complexity index is 1350. The minimum Gasteiger partial charge on any atom is -0.394 e. The molecule has 184 valence electrons. The summed E-state index contributed by atoms with van der Waals surface area (Å²) in [6, 6.07) is 9.02. The Hall–Kier alpha value is -4.50. The van der Waals surface area contributed by atoms with Gasteiger partial charge in [-0.15, -0.1) is 0 Å². The van der Waals surface area contributed by atoms with E-state index in [4.69, 9.17) is 10.4 Å². The quantitative estimate of drug-likeness (QED) is 0.538. The second-order valence-corrected chi connectivity index (χ2v) is 8.60. The Morgan fingerprint density at radius 3 is 2.94 bits per heavy atom. The van der Waals surface area contributed by atoms with Gasteiger partial charge >= 0.3 is 6.03 Å². The zero-order chi connectivity index (χ0) is 25.2. The lowest BCUT2D eigenvalue weighted by Crippen LogP contribution is -2.49. The highest BCUT2D eigenvalue weighted by Gasteiger charge is 2.38. The normalized spacial score (nSPS) is 16.9. The van der Waals surface area contributed by atoms with Crippen molar-refractivity contribution in [3.8, 4) is 6.07 Å². The van der Waals surface area contributed by atoms with E-state index in [2.05, 4.69) is 20.4 Å². The monoisotopic (exact) mass is 487 g/mol. The van der Waals surface area contributed by atoms with Gasteiger partial charge in [0.25, 0.3) is 0 Å². The summed E-state index contributed by atoms with van der Waals surface area (Å²) in [5.74, 6) is 0.609. The molecular weight excluding hydrogens is 462 g/mol. The fraction of sp³-hybridized carbons (Fsp3) is 0.333. The van der Waals surface area contributed by atoms with E-state index in [1.165, 1.54) is 4.90 Å². The second kappa shape index (κ2) is 9.63. The number of hydrogen-bond acceptors (Lipinski definition) is 8. The number of hydrogen-bond donors (Lipinski definition) is 2. The van der Waals surface area contributed by atoms with Crippen LogP contribution in [-0.2, 0) is 17.9 Å². The molecule has 0 saturated heterocycles. The first-order valence-corrected chi connectivity index (χ1v) is 11.6. The zero-order valence-electron chi connectivity index (χ0n) is 19.7. The van der Waals surface area contributed by atoms with Crippen molar-refractivity contribution in [1.29, 1.82) is 5.26 Å². The Morgan fingerprint density at radius 1 is 1.31 bits per heavy atom. The molecule has 12 nitrogen and oxygen atoms in total. The van der Waals surface area contributed by atoms with E-state index in [-0.39, 0.29) is 31.0 Å². The highest BCUT2D eigenvalue weighted by Crippen LogP contribution is 2.41. The molecule has 2 N–H and O–H groups in total. The number of anilines is 4. The van der Waals surface area contributed by atoms with Crippen molar-refractivity contribution >= 4 is 35.1 Å². The van der Waals surface area contributed by atoms with Crippen LogP contribution in [0.3, 0.4) is 0 Å². The van der Waals surface area contributed by atoms with Gasteiger partial charge in [-0.1, -0.05) is 18.2 Å². The number of nitrogens with one attached hydrogen (secondary N) is 1. The molecule has 0 fully saturated rings. The number of rotatable bonds is 6. The molecule has 36 heavy (non-hydrogen) atoms. The number of amides is 3. The maximum absolute atomic E-state index is 13.5. The molecule has 3 amide bonds. The van der Waals surface area contributed by atoms with E-state index in [1.54, 1.807) is 40.1 Å². The number of nitrogens with zero attached hydrogens (tertiary/aromatic N) is 8. The van der Waals surface area contributed by atoms with Crippen molar-refractivity contribution in [2.45, 2.75) is 32.0 Å². The van der Waals surface area contributed by atoms with Crippen LogP contribution < -0.4 is 15.1 Å². The maximum Gasteiger partial charge on any atom is 0.326 e. The number of urea groups is 1. The van der Waals surface area contributed by atoms with Crippen LogP contribution in [0.5, 0.6) is 0 Å². The molecule has 4 heterocycles. The number of carbonyl (C=O) groups is 2. The number of carbonyl (C=O) groups excluding carboxylic acids is 2. The lowest BCUT2D eigenvalue weighted by atomic mass is 9.94. The third-order valence-corrected chi connectivity index (χ3v) is 6.37. The molecule has 0 spiro atoms. The van der Waals surface area contributed by atoms with Crippen LogP contribution >= 0.6 is 0 Å². The van der Waals surface area contributed by atoms with Gasteiger partial charge in [0.05, 0.1) is 43.7 Å². The average molecular weight is 488 g/mol. The smallest absolute Gasteiger partial charge is 0.326 e. The van der Waals surface area contributed by atoms with Crippen molar-refractivity contribution < 1.29 is 14.7 Å². The van der Waals surface area contributed by atoms with Gasteiger partial charge in [-0.2, -0.15) is 15.3 Å². The minimum atomic E-state index is -0.244. The van der Waals surface area contributed by atoms with Crippen molar-refractivity contribution in [3.63, 3.8) is 0 Å². The predicted octanol–water partition coefficient (Wildman–Crippen LogP) is 2.17. The summed E-state index contributed by atoms with van der Waals surface area (Å²) in [6.07, 6.45) is 5.42. The third kappa shape index (κ3) is 4.20. The van der Waals surface area contributed by atoms with Crippen LogP contribution in [-0.4, -0.2) is 61.9 Å². The third-order valence-electron chi connectivity index (χ3n) is 6.37. The van der Waals surface area contributed by atoms with Crippen LogP contribution in [0.1, 0.15) is 30.0 Å². The lowest BCUT2D eigenvalue weighted by molar-refractivity contribution is -0.117. The molecule has 5 rings (SSSR count). The standard InChI is InChI=1S/C24H25N9O3/c1-30-22-16(12-26-23(29-22)28-17-13-27-31(15-17)10-11-34)14-33(24(30)36)20-7-9-32(21(35)6-8-25)19-5-3-2-4-18(19)20/h2-5,12-13,15,20,34H,6-7,9-11,14H2,1H3,(H,26,28,29)/t20-/m0/s1. The van der Waals surface area contributed by atoms with Crippen molar-refractivity contribution in [2.75, 3.05) is 35.3 Å². The summed E-state index contributed by atoms with van der Waals surface area (Å²) in [4.78, 5) is 39.9. The highest BCUT2D eigenvalue weighted by atomic mass is 16.3. The first-order chi connectivity index (χ1) is 17.5. The van der Waals surface area contributed by atoms with Gasteiger partial charge in [-0.3, -0.25) is 14.4 Å². The Balaban J connectivity index is 1.39. The van der Waals surface area contributed by atoms with Gasteiger partial charge in [-0.05, 0) is 18.1 Å². The molecule has 3 aromatic rings. The van der Waals surface area contributed by atoms with Crippen LogP contribution in [0.2, 0.25) is 0 Å². The maximum atomic E-state index is 13.5. The molecule has 2 aliphatic heterocycles. The van der Waals surface area contributed by atoms with Crippen LogP contribution in [0, 0.1) is 11.3 Å². The second-order valence-electron chi connectivity index (χ2n) is 8.60. The van der Waals surface area contributed by atoms with Gasteiger partial charge in [0.15, 0.2) is 0 Å². The molecule has 2 aromatic heterocycles. The minimum absolute atomic E-state index is 0.0143. The number of nitriles is 1. The van der Waals surface area contributed by atoms with Crippen LogP contribution in [0.4, 0.5) is 27.9 Å². The van der Waals surface area contributed by atoms with E-state index in [0.717, 1.165) is 16.8 Å². The molecule has 0 unspecified atom stereocenters.